The quantitative estimate of drug-likeness (QED) is 0.744. The second-order valence-electron chi connectivity index (χ2n) is 6.75. The van der Waals surface area contributed by atoms with Gasteiger partial charge in [0.05, 0.1) is 17.8 Å². The smallest absolute Gasteiger partial charge is 0.318 e. The van der Waals surface area contributed by atoms with E-state index in [2.05, 4.69) is 28.4 Å². The van der Waals surface area contributed by atoms with Gasteiger partial charge in [0, 0.05) is 7.05 Å². The van der Waals surface area contributed by atoms with E-state index in [1.54, 1.807) is 15.9 Å². The standard InChI is InChI=1S/C21H25N5O/c1-15-7-5-6-8-20(15)16(2)24-21(27)25(4)17(3)18-9-11-19(12-10-18)26-14-22-13-23-26/h5-14,16-17H,1-4H3,(H,24,27). The third kappa shape index (κ3) is 4.16. The van der Waals surface area contributed by atoms with Crippen molar-refractivity contribution in [3.63, 3.8) is 0 Å². The monoisotopic (exact) mass is 363 g/mol. The van der Waals surface area contributed by atoms with Gasteiger partial charge in [0.1, 0.15) is 12.7 Å². The molecule has 0 aliphatic rings. The van der Waals surface area contributed by atoms with E-state index >= 15 is 0 Å². The van der Waals surface area contributed by atoms with Crippen molar-refractivity contribution in [3.05, 3.63) is 77.9 Å². The van der Waals surface area contributed by atoms with Crippen molar-refractivity contribution in [2.45, 2.75) is 32.9 Å². The largest absolute Gasteiger partial charge is 0.331 e. The molecule has 0 bridgehead atoms. The lowest BCUT2D eigenvalue weighted by Gasteiger charge is -2.28. The molecular weight excluding hydrogens is 338 g/mol. The number of carbonyl (C=O) groups is 1. The van der Waals surface area contributed by atoms with Crippen molar-refractivity contribution < 1.29 is 4.79 Å². The highest BCUT2D eigenvalue weighted by Crippen LogP contribution is 2.22. The molecule has 1 heterocycles. The third-order valence-corrected chi connectivity index (χ3v) is 4.96. The molecule has 0 aliphatic heterocycles. The Hall–Kier alpha value is -3.15. The van der Waals surface area contributed by atoms with Crippen molar-refractivity contribution >= 4 is 6.03 Å². The van der Waals surface area contributed by atoms with Crippen LogP contribution in [0.2, 0.25) is 0 Å². The van der Waals surface area contributed by atoms with Crippen LogP contribution in [0, 0.1) is 6.92 Å². The first-order chi connectivity index (χ1) is 13.0. The van der Waals surface area contributed by atoms with Crippen LogP contribution in [0.3, 0.4) is 0 Å². The summed E-state index contributed by atoms with van der Waals surface area (Å²) in [6.45, 7) is 6.08. The van der Waals surface area contributed by atoms with E-state index in [-0.39, 0.29) is 18.1 Å². The normalized spacial score (nSPS) is 13.0. The predicted octanol–water partition coefficient (Wildman–Crippen LogP) is 4.04. The van der Waals surface area contributed by atoms with Crippen LogP contribution in [-0.2, 0) is 0 Å². The maximum Gasteiger partial charge on any atom is 0.318 e. The zero-order chi connectivity index (χ0) is 19.4. The molecule has 3 rings (SSSR count). The summed E-state index contributed by atoms with van der Waals surface area (Å²) in [6, 6.07) is 15.9. The average molecular weight is 363 g/mol. The molecule has 3 aromatic rings. The summed E-state index contributed by atoms with van der Waals surface area (Å²) in [5, 5.41) is 7.21. The molecule has 0 spiro atoms. The highest BCUT2D eigenvalue weighted by molar-refractivity contribution is 5.75. The molecule has 6 heteroatoms. The SMILES string of the molecule is Cc1ccccc1C(C)NC(=O)N(C)C(C)c1ccc(-n2cncn2)cc1. The van der Waals surface area contributed by atoms with Gasteiger partial charge < -0.3 is 10.2 Å². The van der Waals surface area contributed by atoms with Gasteiger partial charge in [-0.15, -0.1) is 0 Å². The fraction of sp³-hybridized carbons (Fsp3) is 0.286. The van der Waals surface area contributed by atoms with Crippen LogP contribution in [0.5, 0.6) is 0 Å². The number of hydrogen-bond acceptors (Lipinski definition) is 3. The average Bonchev–Trinajstić information content (AvgIpc) is 3.22. The summed E-state index contributed by atoms with van der Waals surface area (Å²) in [5.41, 5.74) is 4.29. The van der Waals surface area contributed by atoms with Crippen molar-refractivity contribution in [3.8, 4) is 5.69 Å². The second-order valence-corrected chi connectivity index (χ2v) is 6.75. The number of urea groups is 1. The van der Waals surface area contributed by atoms with Crippen LogP contribution in [0.25, 0.3) is 5.69 Å². The number of nitrogens with zero attached hydrogens (tertiary/aromatic N) is 4. The van der Waals surface area contributed by atoms with E-state index in [1.165, 1.54) is 11.9 Å². The number of aromatic nitrogens is 3. The number of carbonyl (C=O) groups excluding carboxylic acids is 1. The van der Waals surface area contributed by atoms with Crippen molar-refractivity contribution in [1.29, 1.82) is 0 Å². The molecule has 2 unspecified atom stereocenters. The molecule has 1 aromatic heterocycles. The number of hydrogen-bond donors (Lipinski definition) is 1. The van der Waals surface area contributed by atoms with Crippen molar-refractivity contribution in [1.82, 2.24) is 25.0 Å². The van der Waals surface area contributed by atoms with Gasteiger partial charge in [-0.2, -0.15) is 5.10 Å². The van der Waals surface area contributed by atoms with Gasteiger partial charge in [-0.25, -0.2) is 14.5 Å². The Balaban J connectivity index is 1.66. The third-order valence-electron chi connectivity index (χ3n) is 4.96. The van der Waals surface area contributed by atoms with E-state index in [9.17, 15) is 4.79 Å². The maximum absolute atomic E-state index is 12.7. The van der Waals surface area contributed by atoms with Crippen LogP contribution in [0.1, 0.15) is 42.6 Å². The number of benzene rings is 2. The summed E-state index contributed by atoms with van der Waals surface area (Å²) in [7, 11) is 1.82. The van der Waals surface area contributed by atoms with Crippen molar-refractivity contribution in [2.24, 2.45) is 0 Å². The molecule has 0 radical (unpaired) electrons. The molecular formula is C21H25N5O. The van der Waals surface area contributed by atoms with Crippen LogP contribution in [0.15, 0.2) is 61.2 Å². The highest BCUT2D eigenvalue weighted by atomic mass is 16.2. The van der Waals surface area contributed by atoms with Crippen LogP contribution in [-0.4, -0.2) is 32.7 Å². The summed E-state index contributed by atoms with van der Waals surface area (Å²) < 4.78 is 1.70. The number of nitrogens with one attached hydrogen (secondary N) is 1. The van der Waals surface area contributed by atoms with Crippen molar-refractivity contribution in [2.75, 3.05) is 7.05 Å². The minimum absolute atomic E-state index is 0.0527. The molecule has 2 atom stereocenters. The van der Waals surface area contributed by atoms with E-state index in [0.717, 1.165) is 16.8 Å². The number of amides is 2. The Labute approximate surface area is 159 Å². The van der Waals surface area contributed by atoms with E-state index in [1.807, 2.05) is 63.4 Å². The lowest BCUT2D eigenvalue weighted by molar-refractivity contribution is 0.191. The fourth-order valence-electron chi connectivity index (χ4n) is 3.08. The van der Waals surface area contributed by atoms with Gasteiger partial charge in [0.25, 0.3) is 0 Å². The second kappa shape index (κ2) is 8.03. The van der Waals surface area contributed by atoms with Gasteiger partial charge >= 0.3 is 6.03 Å². The van der Waals surface area contributed by atoms with Crippen LogP contribution in [0.4, 0.5) is 4.79 Å². The lowest BCUT2D eigenvalue weighted by atomic mass is 10.0. The highest BCUT2D eigenvalue weighted by Gasteiger charge is 2.20. The molecule has 0 fully saturated rings. The Kier molecular flexibility index (Phi) is 5.54. The first kappa shape index (κ1) is 18.6. The van der Waals surface area contributed by atoms with E-state index in [0.29, 0.717) is 0 Å². The first-order valence-corrected chi connectivity index (χ1v) is 9.01. The number of aryl methyl sites for hydroxylation is 1. The number of rotatable bonds is 5. The Bertz CT molecular complexity index is 889. The predicted molar refractivity (Wildman–Crippen MR) is 106 cm³/mol. The topological polar surface area (TPSA) is 63.1 Å². The maximum atomic E-state index is 12.7. The summed E-state index contributed by atoms with van der Waals surface area (Å²) in [5.74, 6) is 0. The van der Waals surface area contributed by atoms with Crippen LogP contribution >= 0.6 is 0 Å². The minimum Gasteiger partial charge on any atom is -0.331 e. The van der Waals surface area contributed by atoms with Gasteiger partial charge in [-0.1, -0.05) is 36.4 Å². The minimum atomic E-state index is -0.0985. The van der Waals surface area contributed by atoms with E-state index in [4.69, 9.17) is 0 Å². The Morgan fingerprint density at radius 1 is 1.11 bits per heavy atom. The Morgan fingerprint density at radius 3 is 2.44 bits per heavy atom. The van der Waals surface area contributed by atoms with Crippen LogP contribution < -0.4 is 5.32 Å². The lowest BCUT2D eigenvalue weighted by Crippen LogP contribution is -2.40. The first-order valence-electron chi connectivity index (χ1n) is 9.01. The van der Waals surface area contributed by atoms with Gasteiger partial charge in [-0.05, 0) is 49.6 Å². The Morgan fingerprint density at radius 2 is 1.81 bits per heavy atom. The molecule has 0 saturated carbocycles. The molecule has 140 valence electrons. The summed E-state index contributed by atoms with van der Waals surface area (Å²) >= 11 is 0. The summed E-state index contributed by atoms with van der Waals surface area (Å²) in [6.07, 6.45) is 3.16. The zero-order valence-electron chi connectivity index (χ0n) is 16.1. The molecule has 6 nitrogen and oxygen atoms in total. The molecule has 0 saturated heterocycles. The fourth-order valence-corrected chi connectivity index (χ4v) is 3.08. The summed E-state index contributed by atoms with van der Waals surface area (Å²) in [4.78, 5) is 18.4. The van der Waals surface area contributed by atoms with Gasteiger partial charge in [-0.3, -0.25) is 0 Å². The van der Waals surface area contributed by atoms with E-state index < -0.39 is 0 Å². The molecule has 2 amide bonds. The zero-order valence-corrected chi connectivity index (χ0v) is 16.1. The molecule has 0 aliphatic carbocycles. The van der Waals surface area contributed by atoms with Gasteiger partial charge in [0.2, 0.25) is 0 Å². The molecule has 27 heavy (non-hydrogen) atoms. The van der Waals surface area contributed by atoms with Gasteiger partial charge in [0.15, 0.2) is 0 Å². The molecule has 1 N–H and O–H groups in total. The molecule has 2 aromatic carbocycles.